The van der Waals surface area contributed by atoms with Gasteiger partial charge in [0.25, 0.3) is 0 Å². The van der Waals surface area contributed by atoms with E-state index in [1.165, 1.54) is 32.1 Å². The highest BCUT2D eigenvalue weighted by atomic mass is 16.7. The molecule has 0 radical (unpaired) electrons. The standard InChI is InChI=1S/C30H51NO4/c1-7-22-26-17-21(34-18-32-5)12-14-30(26,4)25-13-15-29(3)23(20(2)9-8-16-31)10-11-24(29)27(25)28(22)35-19-33-6/h20-28H,7-15,17-19H2,1-6H3/t20-,21-,22-,23-,24?,25?,26+,27?,28-,29-,30-/m1/s1. The van der Waals surface area contributed by atoms with Gasteiger partial charge in [-0.05, 0) is 104 Å². The predicted molar refractivity (Wildman–Crippen MR) is 137 cm³/mol. The van der Waals surface area contributed by atoms with E-state index in [1.54, 1.807) is 14.2 Å². The fourth-order valence-corrected chi connectivity index (χ4v) is 10.1. The fraction of sp³-hybridized carbons (Fsp3) is 0.967. The molecule has 0 aliphatic heterocycles. The summed E-state index contributed by atoms with van der Waals surface area (Å²) in [4.78, 5) is 0. The van der Waals surface area contributed by atoms with Crippen molar-refractivity contribution in [3.63, 3.8) is 0 Å². The van der Waals surface area contributed by atoms with Crippen LogP contribution < -0.4 is 0 Å². The average Bonchev–Trinajstić information content (AvgIpc) is 3.21. The first-order valence-electron chi connectivity index (χ1n) is 14.4. The molecular formula is C30H51NO4. The number of nitriles is 1. The van der Waals surface area contributed by atoms with Gasteiger partial charge in [-0.25, -0.2) is 0 Å². The normalized spacial score (nSPS) is 45.7. The van der Waals surface area contributed by atoms with Gasteiger partial charge in [-0.15, -0.1) is 0 Å². The Hall–Kier alpha value is -0.670. The van der Waals surface area contributed by atoms with Crippen molar-refractivity contribution in [2.75, 3.05) is 27.8 Å². The van der Waals surface area contributed by atoms with Crippen molar-refractivity contribution < 1.29 is 18.9 Å². The minimum atomic E-state index is 0.266. The first-order chi connectivity index (χ1) is 16.9. The Morgan fingerprint density at radius 3 is 2.29 bits per heavy atom. The summed E-state index contributed by atoms with van der Waals surface area (Å²) in [5, 5.41) is 9.19. The molecule has 4 aliphatic carbocycles. The van der Waals surface area contributed by atoms with Gasteiger partial charge in [-0.2, -0.15) is 5.26 Å². The Bertz CT molecular complexity index is 738. The lowest BCUT2D eigenvalue weighted by atomic mass is 9.41. The molecule has 3 unspecified atom stereocenters. The summed E-state index contributed by atoms with van der Waals surface area (Å²) in [7, 11) is 3.48. The number of ether oxygens (including phenoxy) is 4. The lowest BCUT2D eigenvalue weighted by Gasteiger charge is -2.65. The second-order valence-electron chi connectivity index (χ2n) is 12.9. The van der Waals surface area contributed by atoms with E-state index < -0.39 is 0 Å². The summed E-state index contributed by atoms with van der Waals surface area (Å²) in [6.07, 6.45) is 12.3. The minimum Gasteiger partial charge on any atom is -0.359 e. The van der Waals surface area contributed by atoms with E-state index in [2.05, 4.69) is 33.8 Å². The second kappa shape index (κ2) is 11.4. The zero-order valence-corrected chi connectivity index (χ0v) is 23.3. The molecule has 200 valence electrons. The zero-order chi connectivity index (χ0) is 25.2. The third kappa shape index (κ3) is 4.83. The van der Waals surface area contributed by atoms with Gasteiger partial charge in [0, 0.05) is 20.6 Å². The highest BCUT2D eigenvalue weighted by molar-refractivity contribution is 5.14. The van der Waals surface area contributed by atoms with Crippen LogP contribution in [-0.4, -0.2) is 40.0 Å². The minimum absolute atomic E-state index is 0.266. The third-order valence-electron chi connectivity index (χ3n) is 11.6. The van der Waals surface area contributed by atoms with Crippen LogP contribution in [0.4, 0.5) is 0 Å². The Balaban J connectivity index is 1.65. The van der Waals surface area contributed by atoms with Crippen molar-refractivity contribution in [2.24, 2.45) is 52.3 Å². The second-order valence-corrected chi connectivity index (χ2v) is 12.9. The predicted octanol–water partition coefficient (Wildman–Crippen LogP) is 6.81. The van der Waals surface area contributed by atoms with Gasteiger partial charge in [0.15, 0.2) is 0 Å². The zero-order valence-electron chi connectivity index (χ0n) is 23.3. The average molecular weight is 490 g/mol. The molecule has 4 fully saturated rings. The Morgan fingerprint density at radius 1 is 0.914 bits per heavy atom. The largest absolute Gasteiger partial charge is 0.359 e. The number of methoxy groups -OCH3 is 2. The molecule has 4 aliphatic rings. The molecule has 0 N–H and O–H groups in total. The highest BCUT2D eigenvalue weighted by Gasteiger charge is 2.65. The van der Waals surface area contributed by atoms with Crippen LogP contribution in [0.3, 0.4) is 0 Å². The van der Waals surface area contributed by atoms with Crippen molar-refractivity contribution in [1.82, 2.24) is 0 Å². The first-order valence-corrected chi connectivity index (χ1v) is 14.4. The van der Waals surface area contributed by atoms with E-state index in [0.717, 1.165) is 31.6 Å². The van der Waals surface area contributed by atoms with Crippen molar-refractivity contribution in [2.45, 2.75) is 104 Å². The third-order valence-corrected chi connectivity index (χ3v) is 11.6. The van der Waals surface area contributed by atoms with Gasteiger partial charge in [0.2, 0.25) is 0 Å². The maximum absolute atomic E-state index is 9.19. The van der Waals surface area contributed by atoms with Gasteiger partial charge >= 0.3 is 0 Å². The molecule has 0 amide bonds. The number of rotatable bonds is 10. The molecule has 0 aromatic rings. The summed E-state index contributed by atoms with van der Waals surface area (Å²) >= 11 is 0. The number of hydrogen-bond acceptors (Lipinski definition) is 5. The number of nitrogens with zero attached hydrogens (tertiary/aromatic N) is 1. The lowest BCUT2D eigenvalue weighted by molar-refractivity contribution is -0.239. The maximum atomic E-state index is 9.19. The Labute approximate surface area is 214 Å². The molecule has 0 aromatic heterocycles. The van der Waals surface area contributed by atoms with Crippen LogP contribution in [0.5, 0.6) is 0 Å². The van der Waals surface area contributed by atoms with Gasteiger partial charge in [0.1, 0.15) is 13.6 Å². The highest BCUT2D eigenvalue weighted by Crippen LogP contribution is 2.70. The van der Waals surface area contributed by atoms with Crippen molar-refractivity contribution in [3.05, 3.63) is 0 Å². The SMILES string of the molecule is CC[C@H]1[C@@H](OCOC)C2C3CC[C@H]([C@H](C)CCC#N)[C@@]3(C)CCC2[C@@]2(C)CC[C@@H](OCOC)C[C@@H]12. The van der Waals surface area contributed by atoms with Crippen LogP contribution in [-0.2, 0) is 18.9 Å². The maximum Gasteiger partial charge on any atom is 0.146 e. The smallest absolute Gasteiger partial charge is 0.146 e. The molecular weight excluding hydrogens is 438 g/mol. The van der Waals surface area contributed by atoms with Gasteiger partial charge in [-0.1, -0.05) is 34.1 Å². The summed E-state index contributed by atoms with van der Waals surface area (Å²) in [6.45, 7) is 10.8. The van der Waals surface area contributed by atoms with Crippen molar-refractivity contribution in [3.8, 4) is 6.07 Å². The molecule has 0 aromatic carbocycles. The molecule has 0 spiro atoms. The Morgan fingerprint density at radius 2 is 1.60 bits per heavy atom. The summed E-state index contributed by atoms with van der Waals surface area (Å²) < 4.78 is 23.6. The van der Waals surface area contributed by atoms with E-state index in [0.29, 0.717) is 72.4 Å². The van der Waals surface area contributed by atoms with Crippen molar-refractivity contribution in [1.29, 1.82) is 5.26 Å². The van der Waals surface area contributed by atoms with E-state index in [9.17, 15) is 5.26 Å². The van der Waals surface area contributed by atoms with Crippen molar-refractivity contribution >= 4 is 0 Å². The van der Waals surface area contributed by atoms with Crippen LogP contribution in [0.1, 0.15) is 91.9 Å². The molecule has 35 heavy (non-hydrogen) atoms. The van der Waals surface area contributed by atoms with Gasteiger partial charge in [0.05, 0.1) is 18.3 Å². The van der Waals surface area contributed by atoms with Gasteiger partial charge < -0.3 is 18.9 Å². The molecule has 11 atom stereocenters. The van der Waals surface area contributed by atoms with E-state index in [1.807, 2.05) is 0 Å². The van der Waals surface area contributed by atoms with E-state index in [4.69, 9.17) is 18.9 Å². The number of hydrogen-bond donors (Lipinski definition) is 0. The molecule has 0 heterocycles. The van der Waals surface area contributed by atoms with E-state index in [-0.39, 0.29) is 6.10 Å². The Kier molecular flexibility index (Phi) is 8.90. The fourth-order valence-electron chi connectivity index (χ4n) is 10.1. The lowest BCUT2D eigenvalue weighted by Crippen LogP contribution is -2.63. The van der Waals surface area contributed by atoms with E-state index >= 15 is 0 Å². The topological polar surface area (TPSA) is 60.7 Å². The first kappa shape index (κ1) is 27.4. The summed E-state index contributed by atoms with van der Waals surface area (Å²) in [6, 6.07) is 2.40. The molecule has 4 saturated carbocycles. The molecule has 0 bridgehead atoms. The summed E-state index contributed by atoms with van der Waals surface area (Å²) in [5.74, 6) is 4.57. The van der Waals surface area contributed by atoms with Crippen LogP contribution in [0.2, 0.25) is 0 Å². The van der Waals surface area contributed by atoms with Crippen LogP contribution >= 0.6 is 0 Å². The molecule has 4 rings (SSSR count). The summed E-state index contributed by atoms with van der Waals surface area (Å²) in [5.41, 5.74) is 0.724. The molecule has 0 saturated heterocycles. The molecule has 5 nitrogen and oxygen atoms in total. The van der Waals surface area contributed by atoms with Crippen LogP contribution in [0, 0.1) is 63.6 Å². The molecule has 5 heteroatoms. The number of fused-ring (bicyclic) bond motifs is 5. The van der Waals surface area contributed by atoms with Gasteiger partial charge in [-0.3, -0.25) is 0 Å². The van der Waals surface area contributed by atoms with Crippen LogP contribution in [0.25, 0.3) is 0 Å². The quantitative estimate of drug-likeness (QED) is 0.315. The van der Waals surface area contributed by atoms with Crippen LogP contribution in [0.15, 0.2) is 0 Å². The monoisotopic (exact) mass is 489 g/mol.